The van der Waals surface area contributed by atoms with E-state index in [0.29, 0.717) is 44.7 Å². The van der Waals surface area contributed by atoms with Crippen molar-refractivity contribution in [2.45, 2.75) is 80.8 Å². The molecule has 1 unspecified atom stereocenters. The lowest BCUT2D eigenvalue weighted by molar-refractivity contribution is -0.162. The lowest BCUT2D eigenvalue weighted by Gasteiger charge is -2.41. The molecule has 1 aromatic rings. The Balaban J connectivity index is 1.48. The molecule has 12 nitrogen and oxygen atoms in total. The summed E-state index contributed by atoms with van der Waals surface area (Å²) in [5.41, 5.74) is -0.645. The molecule has 51 heavy (non-hydrogen) atoms. The Bertz CT molecular complexity index is 1420. The largest absolute Gasteiger partial charge is 0.455 e. The first-order valence-corrected chi connectivity index (χ1v) is 19.0. The van der Waals surface area contributed by atoms with Crippen LogP contribution in [0.25, 0.3) is 0 Å². The van der Waals surface area contributed by atoms with E-state index in [2.05, 4.69) is 39.3 Å². The molecule has 280 valence electrons. The second-order valence-electron chi connectivity index (χ2n) is 14.4. The third kappa shape index (κ3) is 7.97. The molecule has 1 aromatic carbocycles. The molecule has 2 N–H and O–H groups in total. The van der Waals surface area contributed by atoms with Crippen LogP contribution in [0, 0.1) is 17.8 Å². The van der Waals surface area contributed by atoms with Crippen molar-refractivity contribution in [3.8, 4) is 0 Å². The molecule has 1 spiro atoms. The van der Waals surface area contributed by atoms with Crippen LogP contribution in [0.1, 0.15) is 51.7 Å². The van der Waals surface area contributed by atoms with E-state index in [-0.39, 0.29) is 42.1 Å². The summed E-state index contributed by atoms with van der Waals surface area (Å²) < 4.78 is 18.5. The van der Waals surface area contributed by atoms with Gasteiger partial charge in [-0.25, -0.2) is 0 Å². The zero-order valence-electron chi connectivity index (χ0n) is 30.0. The number of carbonyl (C=O) groups is 4. The molecular formula is C38H53BrN4O8. The first-order valence-electron chi connectivity index (χ1n) is 18.1. The van der Waals surface area contributed by atoms with Crippen molar-refractivity contribution in [3.05, 3.63) is 61.2 Å². The maximum atomic E-state index is 14.8. The number of hydrogen-bond donors (Lipinski definition) is 2. The number of nitrogens with one attached hydrogen (secondary N) is 1. The number of morpholine rings is 1. The molecule has 4 heterocycles. The molecule has 4 saturated heterocycles. The Morgan fingerprint density at radius 1 is 1.16 bits per heavy atom. The zero-order chi connectivity index (χ0) is 36.9. The second kappa shape index (κ2) is 17.2. The molecule has 9 atom stereocenters. The Kier molecular flexibility index (Phi) is 13.2. The van der Waals surface area contributed by atoms with E-state index in [4.69, 9.17) is 14.2 Å². The summed E-state index contributed by atoms with van der Waals surface area (Å²) in [4.78, 5) is 61.9. The highest BCUT2D eigenvalue weighted by Crippen LogP contribution is 2.61. The number of nitrogens with zero attached hydrogens (tertiary/aromatic N) is 3. The molecule has 5 rings (SSSR count). The van der Waals surface area contributed by atoms with Crippen LogP contribution in [0.15, 0.2) is 55.6 Å². The quantitative estimate of drug-likeness (QED) is 0.139. The maximum Gasteiger partial charge on any atom is 0.313 e. The topological polar surface area (TPSA) is 138 Å². The minimum absolute atomic E-state index is 0.193. The molecule has 13 heteroatoms. The van der Waals surface area contributed by atoms with E-state index < -0.39 is 59.6 Å². The minimum atomic E-state index is -1.33. The summed E-state index contributed by atoms with van der Waals surface area (Å²) in [6, 6.07) is 6.81. The zero-order valence-corrected chi connectivity index (χ0v) is 31.5. The molecule has 0 saturated carbocycles. The van der Waals surface area contributed by atoms with Crippen molar-refractivity contribution < 1.29 is 38.5 Å². The van der Waals surface area contributed by atoms with Gasteiger partial charge in [-0.2, -0.15) is 0 Å². The van der Waals surface area contributed by atoms with Gasteiger partial charge in [-0.15, -0.1) is 13.2 Å². The van der Waals surface area contributed by atoms with Gasteiger partial charge in [-0.05, 0) is 31.2 Å². The average molecular weight is 774 g/mol. The van der Waals surface area contributed by atoms with E-state index in [1.807, 2.05) is 44.2 Å². The summed E-state index contributed by atoms with van der Waals surface area (Å²) in [5, 5.41) is 13.6. The van der Waals surface area contributed by atoms with Gasteiger partial charge in [-0.1, -0.05) is 72.3 Å². The predicted octanol–water partition coefficient (Wildman–Crippen LogP) is 2.85. The number of carbonyl (C=O) groups excluding carboxylic acids is 4. The van der Waals surface area contributed by atoms with Crippen LogP contribution in [-0.4, -0.2) is 131 Å². The van der Waals surface area contributed by atoms with Crippen molar-refractivity contribution >= 4 is 39.6 Å². The molecule has 3 amide bonds. The molecule has 4 fully saturated rings. The van der Waals surface area contributed by atoms with Crippen molar-refractivity contribution in [1.29, 1.82) is 0 Å². The van der Waals surface area contributed by atoms with Gasteiger partial charge in [0.15, 0.2) is 0 Å². The van der Waals surface area contributed by atoms with Gasteiger partial charge < -0.3 is 34.4 Å². The molecule has 0 radical (unpaired) electrons. The fourth-order valence-corrected chi connectivity index (χ4v) is 9.18. The molecule has 0 aliphatic carbocycles. The number of amides is 3. The van der Waals surface area contributed by atoms with Crippen molar-refractivity contribution in [3.63, 3.8) is 0 Å². The lowest BCUT2D eigenvalue weighted by atomic mass is 9.70. The van der Waals surface area contributed by atoms with E-state index in [1.54, 1.807) is 24.0 Å². The van der Waals surface area contributed by atoms with Crippen LogP contribution in [-0.2, 0) is 33.4 Å². The average Bonchev–Trinajstić information content (AvgIpc) is 3.72. The first-order chi connectivity index (χ1) is 24.5. The van der Waals surface area contributed by atoms with Crippen LogP contribution < -0.4 is 5.32 Å². The van der Waals surface area contributed by atoms with Gasteiger partial charge in [-0.3, -0.25) is 24.1 Å². The van der Waals surface area contributed by atoms with Crippen LogP contribution >= 0.6 is 15.9 Å². The number of ether oxygens (including phenoxy) is 3. The molecule has 4 aliphatic heterocycles. The van der Waals surface area contributed by atoms with Crippen molar-refractivity contribution in [2.75, 3.05) is 52.5 Å². The Morgan fingerprint density at radius 2 is 1.86 bits per heavy atom. The van der Waals surface area contributed by atoms with Gasteiger partial charge in [0.05, 0.1) is 49.8 Å². The number of allylic oxidation sites excluding steroid dienone is 1. The lowest BCUT2D eigenvalue weighted by Crippen LogP contribution is -2.60. The standard InChI is InChI=1S/C38H53BrN4O8/c1-6-8-14-29(45)40-25(5)32(26-12-10-9-11-13-26)50-37(48)30-31-35(46)43(28(23-44)24(3)4)34(38(31)22-27(39)33(30)51-38)36(47)42(15-7-2)17-16-41-18-20-49-21-19-41/h6-7,9-13,24-25,27-28,30-34,44H,1-2,8,14-23H2,3-5H3,(H,40,45)/t25-,27?,28-,30+,31-,32-,33+,34+,38-/m0/s1. The number of benzene rings is 1. The summed E-state index contributed by atoms with van der Waals surface area (Å²) in [6.07, 6.45) is 2.82. The second-order valence-corrected chi connectivity index (χ2v) is 15.6. The Morgan fingerprint density at radius 3 is 2.49 bits per heavy atom. The van der Waals surface area contributed by atoms with Gasteiger partial charge in [0.1, 0.15) is 17.7 Å². The van der Waals surface area contributed by atoms with Crippen molar-refractivity contribution in [1.82, 2.24) is 20.0 Å². The number of fused-ring (bicyclic) bond motifs is 1. The predicted molar refractivity (Wildman–Crippen MR) is 195 cm³/mol. The summed E-state index contributed by atoms with van der Waals surface area (Å²) in [5.74, 6) is -3.78. The number of aliphatic hydroxyl groups is 1. The number of halogens is 1. The van der Waals surface area contributed by atoms with Crippen LogP contribution in [0.2, 0.25) is 0 Å². The summed E-state index contributed by atoms with van der Waals surface area (Å²) >= 11 is 3.75. The van der Waals surface area contributed by atoms with Crippen LogP contribution in [0.3, 0.4) is 0 Å². The minimum Gasteiger partial charge on any atom is -0.455 e. The summed E-state index contributed by atoms with van der Waals surface area (Å²) in [6.45, 7) is 16.9. The fraction of sp³-hybridized carbons (Fsp3) is 0.632. The van der Waals surface area contributed by atoms with Crippen LogP contribution in [0.4, 0.5) is 0 Å². The van der Waals surface area contributed by atoms with Gasteiger partial charge in [0.2, 0.25) is 17.7 Å². The number of hydrogen-bond acceptors (Lipinski definition) is 9. The highest BCUT2D eigenvalue weighted by atomic mass is 79.9. The molecule has 0 aromatic heterocycles. The molecular weight excluding hydrogens is 720 g/mol. The van der Waals surface area contributed by atoms with Gasteiger partial charge in [0, 0.05) is 44.0 Å². The first kappa shape index (κ1) is 39.1. The Labute approximate surface area is 309 Å². The van der Waals surface area contributed by atoms with E-state index in [1.165, 1.54) is 4.90 Å². The maximum absolute atomic E-state index is 14.8. The highest BCUT2D eigenvalue weighted by Gasteiger charge is 2.77. The normalized spacial score (nSPS) is 28.9. The Hall–Kier alpha value is -3.10. The number of esters is 1. The SMILES string of the molecule is C=CCCC(=O)N[C@@H](C)[C@H](OC(=O)[C@H]1[C@@H]2O[C@@]3(CC2Br)[C@@H]1C(=O)N([C@@H](CO)C(C)C)[C@@H]3C(=O)N(CC=C)CCN1CCOCC1)c1ccccc1. The smallest absolute Gasteiger partial charge is 0.313 e. The summed E-state index contributed by atoms with van der Waals surface area (Å²) in [7, 11) is 0. The molecule has 4 aliphatic rings. The highest BCUT2D eigenvalue weighted by molar-refractivity contribution is 9.09. The third-order valence-corrected chi connectivity index (χ3v) is 11.6. The van der Waals surface area contributed by atoms with Crippen LogP contribution in [0.5, 0.6) is 0 Å². The fourth-order valence-electron chi connectivity index (χ4n) is 8.24. The third-order valence-electron chi connectivity index (χ3n) is 10.8. The van der Waals surface area contributed by atoms with E-state index >= 15 is 0 Å². The molecule has 2 bridgehead atoms. The van der Waals surface area contributed by atoms with E-state index in [0.717, 1.165) is 13.1 Å². The number of alkyl halides is 1. The van der Waals surface area contributed by atoms with E-state index in [9.17, 15) is 24.3 Å². The van der Waals surface area contributed by atoms with Crippen molar-refractivity contribution in [2.24, 2.45) is 17.8 Å². The van der Waals surface area contributed by atoms with Gasteiger partial charge in [0.25, 0.3) is 0 Å². The van der Waals surface area contributed by atoms with Gasteiger partial charge >= 0.3 is 5.97 Å². The number of aliphatic hydroxyl groups excluding tert-OH is 1. The monoisotopic (exact) mass is 772 g/mol. The number of rotatable bonds is 17. The number of likely N-dealkylation sites (tertiary alicyclic amines) is 1.